The van der Waals surface area contributed by atoms with Gasteiger partial charge < -0.3 is 15.7 Å². The van der Waals surface area contributed by atoms with Crippen LogP contribution in [0.25, 0.3) is 0 Å². The number of carbonyl (C=O) groups excluding carboxylic acids is 1. The number of hydrogen-bond donors (Lipinski definition) is 4. The Hall–Kier alpha value is -2.60. The number of aryl methyl sites for hydroxylation is 1. The summed E-state index contributed by atoms with van der Waals surface area (Å²) in [5.74, 6) is -2.76. The zero-order valence-corrected chi connectivity index (χ0v) is 19.5. The topological polar surface area (TPSA) is 125 Å². The van der Waals surface area contributed by atoms with Gasteiger partial charge in [-0.3, -0.25) is 0 Å². The molecule has 4 rings (SSSR count). The number of aliphatic carboxylic acids is 1. The summed E-state index contributed by atoms with van der Waals surface area (Å²) in [6.45, 7) is 2.83. The molecule has 1 heterocycles. The highest BCUT2D eigenvalue weighted by Crippen LogP contribution is 2.38. The molecule has 0 spiro atoms. The lowest BCUT2D eigenvalue weighted by atomic mass is 9.98. The van der Waals surface area contributed by atoms with Gasteiger partial charge in [0, 0.05) is 16.6 Å². The van der Waals surface area contributed by atoms with E-state index in [2.05, 4.69) is 15.4 Å². The molecule has 34 heavy (non-hydrogen) atoms. The number of carboxylic acids is 1. The molecule has 0 radical (unpaired) electrons. The summed E-state index contributed by atoms with van der Waals surface area (Å²) in [5.41, 5.74) is 5.76. The van der Waals surface area contributed by atoms with Crippen LogP contribution in [0.4, 0.5) is 23.7 Å². The monoisotopic (exact) mass is 503 g/mol. The van der Waals surface area contributed by atoms with E-state index >= 15 is 0 Å². The van der Waals surface area contributed by atoms with Gasteiger partial charge in [-0.2, -0.15) is 13.2 Å². The van der Waals surface area contributed by atoms with Gasteiger partial charge in [0.1, 0.15) is 0 Å². The van der Waals surface area contributed by atoms with E-state index in [1.54, 1.807) is 6.08 Å². The molecule has 1 saturated heterocycles. The van der Waals surface area contributed by atoms with Gasteiger partial charge in [-0.25, -0.2) is 22.7 Å². The first-order chi connectivity index (χ1) is 15.8. The molecular weight excluding hydrogens is 475 g/mol. The Balaban J connectivity index is 0.000000406. The predicted octanol–water partition coefficient (Wildman–Crippen LogP) is 3.40. The number of carboxylic acid groups (broad SMARTS) is 1. The number of benzene rings is 1. The maximum absolute atomic E-state index is 12.4. The van der Waals surface area contributed by atoms with E-state index in [-0.39, 0.29) is 5.54 Å². The summed E-state index contributed by atoms with van der Waals surface area (Å²) in [4.78, 5) is 21.2. The first-order valence-electron chi connectivity index (χ1n) is 11.0. The molecule has 4 N–H and O–H groups in total. The van der Waals surface area contributed by atoms with Gasteiger partial charge in [0.25, 0.3) is 10.0 Å². The molecule has 0 bridgehead atoms. The molecule has 8 nitrogen and oxygen atoms in total. The van der Waals surface area contributed by atoms with E-state index in [9.17, 15) is 26.4 Å². The fourth-order valence-corrected chi connectivity index (χ4v) is 5.49. The number of sulfonamides is 1. The van der Waals surface area contributed by atoms with Crippen molar-refractivity contribution >= 4 is 27.7 Å². The quantitative estimate of drug-likeness (QED) is 0.499. The minimum Gasteiger partial charge on any atom is -0.475 e. The Morgan fingerprint density at radius 1 is 1.09 bits per heavy atom. The van der Waals surface area contributed by atoms with E-state index in [1.807, 2.05) is 13.0 Å². The van der Waals surface area contributed by atoms with Crippen LogP contribution in [0.3, 0.4) is 0 Å². The van der Waals surface area contributed by atoms with Crippen molar-refractivity contribution in [3.05, 3.63) is 39.8 Å². The van der Waals surface area contributed by atoms with Crippen LogP contribution in [-0.4, -0.2) is 43.8 Å². The molecule has 188 valence electrons. The number of nitrogens with one attached hydrogen (secondary N) is 3. The number of halogens is 3. The Morgan fingerprint density at radius 2 is 1.71 bits per heavy atom. The van der Waals surface area contributed by atoms with Crippen molar-refractivity contribution in [1.29, 1.82) is 0 Å². The van der Waals surface area contributed by atoms with E-state index in [1.165, 1.54) is 22.3 Å². The molecule has 0 saturated carbocycles. The van der Waals surface area contributed by atoms with E-state index in [0.717, 1.165) is 69.0 Å². The fraction of sp³-hybridized carbons (Fsp3) is 0.545. The number of alkyl halides is 3. The lowest BCUT2D eigenvalue weighted by Gasteiger charge is -2.19. The zero-order valence-electron chi connectivity index (χ0n) is 18.7. The van der Waals surface area contributed by atoms with Crippen LogP contribution >= 0.6 is 0 Å². The minimum absolute atomic E-state index is 0.327. The number of rotatable bonds is 4. The number of hydrogen-bond acceptors (Lipinski definition) is 5. The highest BCUT2D eigenvalue weighted by Gasteiger charge is 2.38. The maximum Gasteiger partial charge on any atom is 0.490 e. The molecule has 1 unspecified atom stereocenters. The van der Waals surface area contributed by atoms with Crippen molar-refractivity contribution in [2.24, 2.45) is 0 Å². The maximum atomic E-state index is 12.4. The van der Waals surface area contributed by atoms with Crippen molar-refractivity contribution in [3.8, 4) is 0 Å². The van der Waals surface area contributed by atoms with Gasteiger partial charge in [0.2, 0.25) is 0 Å². The number of fused-ring (bicyclic) bond motifs is 3. The summed E-state index contributed by atoms with van der Waals surface area (Å²) >= 11 is 0. The fourth-order valence-electron chi connectivity index (χ4n) is 4.63. The third-order valence-corrected chi connectivity index (χ3v) is 7.19. The van der Waals surface area contributed by atoms with Crippen molar-refractivity contribution in [2.45, 2.75) is 70.0 Å². The lowest BCUT2D eigenvalue weighted by molar-refractivity contribution is -0.192. The molecule has 3 aliphatic rings. The Labute approximate surface area is 196 Å². The normalized spacial score (nSPS) is 21.5. The molecule has 1 atom stereocenters. The van der Waals surface area contributed by atoms with E-state index in [4.69, 9.17) is 9.90 Å². The zero-order chi connectivity index (χ0) is 25.1. The van der Waals surface area contributed by atoms with Gasteiger partial charge in [0.05, 0.1) is 0 Å². The second kappa shape index (κ2) is 9.95. The first-order valence-corrected chi connectivity index (χ1v) is 12.6. The van der Waals surface area contributed by atoms with Crippen LogP contribution in [0.1, 0.15) is 54.9 Å². The van der Waals surface area contributed by atoms with Gasteiger partial charge in [-0.1, -0.05) is 6.08 Å². The van der Waals surface area contributed by atoms with Gasteiger partial charge in [-0.05, 0) is 93.2 Å². The molecule has 2 amide bonds. The van der Waals surface area contributed by atoms with Crippen LogP contribution in [0.2, 0.25) is 0 Å². The summed E-state index contributed by atoms with van der Waals surface area (Å²) in [6, 6.07) is 1.34. The van der Waals surface area contributed by atoms with Gasteiger partial charge in [-0.15, -0.1) is 0 Å². The first kappa shape index (κ1) is 26.0. The number of urea groups is 1. The molecule has 1 aromatic rings. The van der Waals surface area contributed by atoms with E-state index in [0.29, 0.717) is 0 Å². The second-order valence-corrected chi connectivity index (χ2v) is 10.4. The van der Waals surface area contributed by atoms with Crippen molar-refractivity contribution in [1.82, 2.24) is 10.0 Å². The van der Waals surface area contributed by atoms with Crippen LogP contribution < -0.4 is 15.4 Å². The SMILES string of the molecule is CC1(/C=C/S(=O)(=O)NC(=O)Nc2cc3c(c4c2CCC4)CCC3)CCCN1.O=C(O)C(F)(F)F. The minimum atomic E-state index is -5.08. The van der Waals surface area contributed by atoms with Crippen molar-refractivity contribution in [3.63, 3.8) is 0 Å². The Morgan fingerprint density at radius 3 is 2.32 bits per heavy atom. The molecule has 12 heteroatoms. The number of carbonyl (C=O) groups is 2. The standard InChI is InChI=1S/C20H27N3O3S.C2HF3O2/c1-20(9-4-11-21-20)10-12-27(25,26)23-19(24)22-18-13-14-5-2-6-15(14)16-7-3-8-17(16)18;3-2(4,5)1(6)7/h10,12-13,21H,2-9,11H2,1H3,(H2,22,23,24);(H,6,7)/b12-10+;. The molecule has 1 aromatic carbocycles. The summed E-state index contributed by atoms with van der Waals surface area (Å²) < 4.78 is 58.4. The molecular formula is C22H28F3N3O5S. The molecule has 1 aliphatic heterocycles. The second-order valence-electron chi connectivity index (χ2n) is 8.88. The lowest BCUT2D eigenvalue weighted by Crippen LogP contribution is -2.36. The van der Waals surface area contributed by atoms with Gasteiger partial charge in [0.15, 0.2) is 0 Å². The van der Waals surface area contributed by atoms with Crippen molar-refractivity contribution < 1.29 is 36.3 Å². The molecule has 1 fully saturated rings. The molecule has 0 aromatic heterocycles. The van der Waals surface area contributed by atoms with Crippen LogP contribution in [0.15, 0.2) is 17.6 Å². The summed E-state index contributed by atoms with van der Waals surface area (Å²) in [7, 11) is -3.83. The van der Waals surface area contributed by atoms with Crippen LogP contribution in [-0.2, 0) is 40.5 Å². The highest BCUT2D eigenvalue weighted by molar-refractivity contribution is 7.92. The highest BCUT2D eigenvalue weighted by atomic mass is 32.2. The summed E-state index contributed by atoms with van der Waals surface area (Å²) in [6.07, 6.45) is 4.84. The van der Waals surface area contributed by atoms with E-state index < -0.39 is 28.2 Å². The third-order valence-electron chi connectivity index (χ3n) is 6.23. The Bertz CT molecular complexity index is 1090. The number of amides is 2. The van der Waals surface area contributed by atoms with Crippen LogP contribution in [0.5, 0.6) is 0 Å². The molecule has 2 aliphatic carbocycles. The average molecular weight is 504 g/mol. The van der Waals surface area contributed by atoms with Gasteiger partial charge >= 0.3 is 18.2 Å². The van der Waals surface area contributed by atoms with Crippen molar-refractivity contribution in [2.75, 3.05) is 11.9 Å². The predicted molar refractivity (Wildman–Crippen MR) is 120 cm³/mol. The summed E-state index contributed by atoms with van der Waals surface area (Å²) in [5, 5.41) is 14.3. The number of anilines is 1. The largest absolute Gasteiger partial charge is 0.490 e. The third kappa shape index (κ3) is 6.50. The average Bonchev–Trinajstić information content (AvgIpc) is 3.46. The van der Waals surface area contributed by atoms with Crippen LogP contribution in [0, 0.1) is 0 Å². The Kier molecular flexibility index (Phi) is 7.61. The smallest absolute Gasteiger partial charge is 0.475 e.